The summed E-state index contributed by atoms with van der Waals surface area (Å²) in [6.45, 7) is 4.14. The zero-order chi connectivity index (χ0) is 9.84. The third-order valence-electron chi connectivity index (χ3n) is 2.16. The van der Waals surface area contributed by atoms with Gasteiger partial charge in [0.2, 0.25) is 0 Å². The Balaban J connectivity index is 2.66. The zero-order valence-electron chi connectivity index (χ0n) is 7.91. The lowest BCUT2D eigenvalue weighted by Gasteiger charge is -2.27. The third-order valence-corrected chi connectivity index (χ3v) is 4.49. The van der Waals surface area contributed by atoms with Crippen molar-refractivity contribution in [2.45, 2.75) is 12.0 Å². The summed E-state index contributed by atoms with van der Waals surface area (Å²) in [6, 6.07) is 0. The van der Waals surface area contributed by atoms with Crippen LogP contribution in [0.3, 0.4) is 0 Å². The van der Waals surface area contributed by atoms with Gasteiger partial charge in [-0.05, 0) is 6.42 Å². The minimum absolute atomic E-state index is 0.0521. The van der Waals surface area contributed by atoms with Gasteiger partial charge in [0, 0.05) is 25.3 Å². The van der Waals surface area contributed by atoms with Crippen molar-refractivity contribution in [1.29, 1.82) is 0 Å². The molecule has 0 aromatic rings. The summed E-state index contributed by atoms with van der Waals surface area (Å²) in [7, 11) is 1.44. The molecule has 0 aromatic heterocycles. The topological polar surface area (TPSA) is 44.8 Å². The molecule has 1 saturated heterocycles. The molecule has 74 valence electrons. The van der Waals surface area contributed by atoms with Crippen molar-refractivity contribution in [2.24, 2.45) is 0 Å². The van der Waals surface area contributed by atoms with Crippen LogP contribution in [0.15, 0.2) is 12.2 Å². The van der Waals surface area contributed by atoms with Crippen molar-refractivity contribution in [2.75, 3.05) is 20.8 Å². The first-order valence-electron chi connectivity index (χ1n) is 4.12. The van der Waals surface area contributed by atoms with Crippen LogP contribution in [-0.2, 0) is 18.4 Å². The van der Waals surface area contributed by atoms with Gasteiger partial charge in [0.15, 0.2) is 0 Å². The zero-order valence-corrected chi connectivity index (χ0v) is 9.06. The van der Waals surface area contributed by atoms with Crippen molar-refractivity contribution in [3.05, 3.63) is 12.2 Å². The predicted octanol–water partition coefficient (Wildman–Crippen LogP) is 0.373. The SMILES string of the molecule is C=C1C(=O)OCCC1[SiH](OC)OC. The van der Waals surface area contributed by atoms with E-state index in [1.165, 1.54) is 0 Å². The Morgan fingerprint density at radius 1 is 1.54 bits per heavy atom. The highest BCUT2D eigenvalue weighted by Crippen LogP contribution is 2.29. The van der Waals surface area contributed by atoms with Gasteiger partial charge in [0.25, 0.3) is 0 Å². The number of ether oxygens (including phenoxy) is 1. The van der Waals surface area contributed by atoms with Crippen molar-refractivity contribution in [1.82, 2.24) is 0 Å². The summed E-state index contributed by atoms with van der Waals surface area (Å²) in [6.07, 6.45) is 0.767. The molecule has 1 aliphatic heterocycles. The van der Waals surface area contributed by atoms with Crippen LogP contribution in [0.4, 0.5) is 0 Å². The summed E-state index contributed by atoms with van der Waals surface area (Å²) in [5, 5.41) is 0. The number of hydrogen-bond acceptors (Lipinski definition) is 4. The molecule has 0 bridgehead atoms. The van der Waals surface area contributed by atoms with Crippen LogP contribution in [0.2, 0.25) is 5.54 Å². The molecule has 0 amide bonds. The second-order valence-corrected chi connectivity index (χ2v) is 5.38. The van der Waals surface area contributed by atoms with Crippen molar-refractivity contribution in [3.8, 4) is 0 Å². The second-order valence-electron chi connectivity index (χ2n) is 2.90. The van der Waals surface area contributed by atoms with E-state index in [1.54, 1.807) is 14.2 Å². The van der Waals surface area contributed by atoms with Gasteiger partial charge >= 0.3 is 15.3 Å². The Kier molecular flexibility index (Phi) is 3.65. The third kappa shape index (κ3) is 2.18. The van der Waals surface area contributed by atoms with Gasteiger partial charge in [-0.25, -0.2) is 4.79 Å². The Morgan fingerprint density at radius 3 is 2.69 bits per heavy atom. The molecule has 0 aromatic carbocycles. The normalized spacial score (nSPS) is 23.5. The van der Waals surface area contributed by atoms with Crippen molar-refractivity contribution >= 4 is 15.3 Å². The first-order valence-corrected chi connectivity index (χ1v) is 5.73. The average Bonchev–Trinajstić information content (AvgIpc) is 2.14. The Labute approximate surface area is 79.3 Å². The van der Waals surface area contributed by atoms with E-state index in [2.05, 4.69) is 6.58 Å². The first kappa shape index (κ1) is 10.4. The highest BCUT2D eigenvalue weighted by atomic mass is 28.3. The van der Waals surface area contributed by atoms with E-state index in [0.717, 1.165) is 6.42 Å². The van der Waals surface area contributed by atoms with E-state index in [-0.39, 0.29) is 11.5 Å². The quantitative estimate of drug-likeness (QED) is 0.377. The molecule has 0 saturated carbocycles. The van der Waals surface area contributed by atoms with E-state index in [0.29, 0.717) is 12.2 Å². The van der Waals surface area contributed by atoms with E-state index < -0.39 is 9.28 Å². The Hall–Kier alpha value is -0.653. The van der Waals surface area contributed by atoms with Crippen LogP contribution in [0.1, 0.15) is 6.42 Å². The van der Waals surface area contributed by atoms with Crippen LogP contribution >= 0.6 is 0 Å². The fourth-order valence-corrected chi connectivity index (χ4v) is 3.14. The fourth-order valence-electron chi connectivity index (χ4n) is 1.42. The van der Waals surface area contributed by atoms with Gasteiger partial charge in [-0.15, -0.1) is 0 Å². The largest absolute Gasteiger partial charge is 0.462 e. The van der Waals surface area contributed by atoms with Crippen LogP contribution < -0.4 is 0 Å². The lowest BCUT2D eigenvalue weighted by Crippen LogP contribution is -2.34. The Morgan fingerprint density at radius 2 is 2.15 bits per heavy atom. The predicted molar refractivity (Wildman–Crippen MR) is 49.6 cm³/mol. The molecule has 5 heteroatoms. The molecule has 1 aliphatic rings. The number of carbonyl (C=O) groups excluding carboxylic acids is 1. The molecule has 13 heavy (non-hydrogen) atoms. The van der Waals surface area contributed by atoms with Gasteiger partial charge in [-0.2, -0.15) is 0 Å². The molecule has 0 radical (unpaired) electrons. The lowest BCUT2D eigenvalue weighted by molar-refractivity contribution is -0.141. The number of esters is 1. The van der Waals surface area contributed by atoms with E-state index in [1.807, 2.05) is 0 Å². The van der Waals surface area contributed by atoms with E-state index in [9.17, 15) is 4.79 Å². The van der Waals surface area contributed by atoms with Gasteiger partial charge < -0.3 is 13.6 Å². The minimum Gasteiger partial charge on any atom is -0.462 e. The van der Waals surface area contributed by atoms with Gasteiger partial charge in [0.05, 0.1) is 6.61 Å². The maximum absolute atomic E-state index is 11.1. The molecular weight excluding hydrogens is 188 g/mol. The lowest BCUT2D eigenvalue weighted by atomic mass is 10.1. The molecule has 0 spiro atoms. The van der Waals surface area contributed by atoms with Crippen molar-refractivity contribution in [3.63, 3.8) is 0 Å². The smallest absolute Gasteiger partial charge is 0.333 e. The molecule has 1 unspecified atom stereocenters. The summed E-state index contributed by atoms with van der Waals surface area (Å²) < 4.78 is 15.2. The van der Waals surface area contributed by atoms with E-state index in [4.69, 9.17) is 13.6 Å². The molecular formula is C8H14O4Si. The monoisotopic (exact) mass is 202 g/mol. The molecule has 1 fully saturated rings. The van der Waals surface area contributed by atoms with Crippen LogP contribution in [0.25, 0.3) is 0 Å². The highest BCUT2D eigenvalue weighted by molar-refractivity contribution is 6.48. The van der Waals surface area contributed by atoms with Gasteiger partial charge in [-0.1, -0.05) is 6.58 Å². The summed E-state index contributed by atoms with van der Waals surface area (Å²) >= 11 is 0. The number of cyclic esters (lactones) is 1. The molecule has 1 atom stereocenters. The van der Waals surface area contributed by atoms with Crippen LogP contribution in [0, 0.1) is 0 Å². The minimum atomic E-state index is -1.77. The fraction of sp³-hybridized carbons (Fsp3) is 0.625. The number of carbonyl (C=O) groups is 1. The molecule has 4 nitrogen and oxygen atoms in total. The van der Waals surface area contributed by atoms with Gasteiger partial charge in [-0.3, -0.25) is 0 Å². The number of rotatable bonds is 3. The molecule has 1 heterocycles. The van der Waals surface area contributed by atoms with Crippen molar-refractivity contribution < 1.29 is 18.4 Å². The summed E-state index contributed by atoms with van der Waals surface area (Å²) in [4.78, 5) is 11.1. The highest BCUT2D eigenvalue weighted by Gasteiger charge is 2.34. The van der Waals surface area contributed by atoms with Gasteiger partial charge in [0.1, 0.15) is 0 Å². The summed E-state index contributed by atoms with van der Waals surface area (Å²) in [5.74, 6) is -0.317. The molecule has 0 N–H and O–H groups in total. The maximum Gasteiger partial charge on any atom is 0.333 e. The van der Waals surface area contributed by atoms with Crippen LogP contribution in [0.5, 0.6) is 0 Å². The van der Waals surface area contributed by atoms with E-state index >= 15 is 0 Å². The standard InChI is InChI=1S/C8H14O4Si/c1-6-7(13(10-2)11-3)4-5-12-8(6)9/h7,13H,1,4-5H2,2-3H3. The molecule has 1 rings (SSSR count). The second kappa shape index (κ2) is 4.55. The average molecular weight is 202 g/mol. The Bertz CT molecular complexity index is 212. The molecule has 0 aliphatic carbocycles. The summed E-state index contributed by atoms with van der Waals surface area (Å²) in [5.41, 5.74) is 0.544. The number of hydrogen-bond donors (Lipinski definition) is 0. The first-order chi connectivity index (χ1) is 6.20. The van der Waals surface area contributed by atoms with Crippen LogP contribution in [-0.4, -0.2) is 36.1 Å². The maximum atomic E-state index is 11.1.